The highest BCUT2D eigenvalue weighted by Crippen LogP contribution is 2.23. The number of sulfonamides is 1. The first kappa shape index (κ1) is 19.4. The van der Waals surface area contributed by atoms with Gasteiger partial charge in [0.2, 0.25) is 15.9 Å². The Kier molecular flexibility index (Phi) is 5.82. The third-order valence-electron chi connectivity index (χ3n) is 5.02. The molecule has 1 fully saturated rings. The summed E-state index contributed by atoms with van der Waals surface area (Å²) in [6.45, 7) is 6.63. The van der Waals surface area contributed by atoms with Gasteiger partial charge in [0, 0.05) is 31.9 Å². The van der Waals surface area contributed by atoms with Gasteiger partial charge in [-0.1, -0.05) is 30.3 Å². The highest BCUT2D eigenvalue weighted by atomic mass is 32.2. The van der Waals surface area contributed by atoms with E-state index in [9.17, 15) is 13.2 Å². The van der Waals surface area contributed by atoms with Crippen LogP contribution in [0.15, 0.2) is 53.4 Å². The van der Waals surface area contributed by atoms with Crippen LogP contribution in [0.4, 0.5) is 5.69 Å². The summed E-state index contributed by atoms with van der Waals surface area (Å²) in [7, 11) is -3.67. The van der Waals surface area contributed by atoms with Crippen molar-refractivity contribution >= 4 is 21.6 Å². The van der Waals surface area contributed by atoms with Crippen molar-refractivity contribution in [1.29, 1.82) is 0 Å². The fourth-order valence-corrected chi connectivity index (χ4v) is 4.22. The largest absolute Gasteiger partial charge is 0.368 e. The number of hydrogen-bond donors (Lipinski definition) is 1. The van der Waals surface area contributed by atoms with Gasteiger partial charge in [-0.2, -0.15) is 0 Å². The molecule has 0 bridgehead atoms. The lowest BCUT2D eigenvalue weighted by molar-refractivity contribution is -0.130. The third-order valence-corrected chi connectivity index (χ3v) is 6.43. The number of nitrogens with zero attached hydrogens (tertiary/aromatic N) is 2. The monoisotopic (exact) mass is 387 g/mol. The van der Waals surface area contributed by atoms with Gasteiger partial charge in [0.25, 0.3) is 0 Å². The molecule has 1 heterocycles. The summed E-state index contributed by atoms with van der Waals surface area (Å²) in [4.78, 5) is 16.6. The molecule has 0 saturated carbocycles. The van der Waals surface area contributed by atoms with E-state index in [4.69, 9.17) is 0 Å². The lowest BCUT2D eigenvalue weighted by atomic mass is 10.1. The molecule has 1 N–H and O–H groups in total. The van der Waals surface area contributed by atoms with Crippen LogP contribution in [0.5, 0.6) is 0 Å². The molecule has 2 aromatic carbocycles. The van der Waals surface area contributed by atoms with Crippen molar-refractivity contribution in [2.45, 2.75) is 18.7 Å². The van der Waals surface area contributed by atoms with Gasteiger partial charge in [0.15, 0.2) is 0 Å². The van der Waals surface area contributed by atoms with Crippen LogP contribution in [0.1, 0.15) is 11.1 Å². The van der Waals surface area contributed by atoms with Gasteiger partial charge in [-0.25, -0.2) is 13.1 Å². The van der Waals surface area contributed by atoms with Crippen molar-refractivity contribution in [2.24, 2.45) is 0 Å². The van der Waals surface area contributed by atoms with E-state index in [1.54, 1.807) is 23.1 Å². The number of piperazine rings is 1. The number of hydrogen-bond acceptors (Lipinski definition) is 4. The Morgan fingerprint density at radius 1 is 0.963 bits per heavy atom. The van der Waals surface area contributed by atoms with Crippen LogP contribution in [0.3, 0.4) is 0 Å². The first-order valence-corrected chi connectivity index (χ1v) is 10.5. The summed E-state index contributed by atoms with van der Waals surface area (Å²) in [5.41, 5.74) is 3.71. The smallest absolute Gasteiger partial charge is 0.241 e. The molecule has 0 radical (unpaired) electrons. The zero-order valence-corrected chi connectivity index (χ0v) is 16.5. The van der Waals surface area contributed by atoms with E-state index >= 15 is 0 Å². The molecule has 0 spiro atoms. The van der Waals surface area contributed by atoms with Crippen molar-refractivity contribution in [2.75, 3.05) is 37.6 Å². The van der Waals surface area contributed by atoms with Gasteiger partial charge in [0.1, 0.15) is 0 Å². The molecule has 144 valence electrons. The second-order valence-electron chi connectivity index (χ2n) is 6.72. The number of aryl methyl sites for hydroxylation is 1. The summed E-state index contributed by atoms with van der Waals surface area (Å²) in [6.07, 6.45) is 0. The Morgan fingerprint density at radius 3 is 2.30 bits per heavy atom. The zero-order valence-electron chi connectivity index (χ0n) is 15.7. The normalized spacial score (nSPS) is 15.0. The molecule has 1 saturated heterocycles. The second kappa shape index (κ2) is 8.10. The van der Waals surface area contributed by atoms with Crippen LogP contribution in [0.25, 0.3) is 0 Å². The summed E-state index contributed by atoms with van der Waals surface area (Å²) < 4.78 is 26.9. The number of nitrogens with one attached hydrogen (secondary N) is 1. The van der Waals surface area contributed by atoms with Crippen LogP contribution < -0.4 is 9.62 Å². The van der Waals surface area contributed by atoms with Crippen LogP contribution >= 0.6 is 0 Å². The minimum absolute atomic E-state index is 0.164. The van der Waals surface area contributed by atoms with E-state index in [-0.39, 0.29) is 17.3 Å². The number of rotatable bonds is 5. The fraction of sp³-hybridized carbons (Fsp3) is 0.350. The minimum atomic E-state index is -3.67. The molecular formula is C20H25N3O3S. The third kappa shape index (κ3) is 4.48. The van der Waals surface area contributed by atoms with E-state index in [2.05, 4.69) is 35.6 Å². The van der Waals surface area contributed by atoms with Gasteiger partial charge in [0.05, 0.1) is 11.4 Å². The van der Waals surface area contributed by atoms with Crippen molar-refractivity contribution in [3.63, 3.8) is 0 Å². The fourth-order valence-electron chi connectivity index (χ4n) is 3.23. The first-order valence-electron chi connectivity index (χ1n) is 9.02. The molecule has 0 aliphatic carbocycles. The minimum Gasteiger partial charge on any atom is -0.368 e. The Morgan fingerprint density at radius 2 is 1.63 bits per heavy atom. The van der Waals surface area contributed by atoms with Crippen molar-refractivity contribution in [1.82, 2.24) is 9.62 Å². The van der Waals surface area contributed by atoms with Gasteiger partial charge >= 0.3 is 0 Å². The van der Waals surface area contributed by atoms with E-state index in [0.29, 0.717) is 13.1 Å². The molecule has 7 heteroatoms. The predicted molar refractivity (Wildman–Crippen MR) is 106 cm³/mol. The Hall–Kier alpha value is -2.38. The molecular weight excluding hydrogens is 362 g/mol. The molecule has 1 aliphatic heterocycles. The molecule has 1 aliphatic rings. The van der Waals surface area contributed by atoms with E-state index in [1.165, 1.54) is 28.9 Å². The number of benzene rings is 2. The van der Waals surface area contributed by atoms with Crippen molar-refractivity contribution in [3.05, 3.63) is 59.7 Å². The Balaban J connectivity index is 1.55. The lowest BCUT2D eigenvalue weighted by Crippen LogP contribution is -2.51. The second-order valence-corrected chi connectivity index (χ2v) is 8.49. The van der Waals surface area contributed by atoms with Crippen LogP contribution in [-0.4, -0.2) is 51.9 Å². The summed E-state index contributed by atoms with van der Waals surface area (Å²) in [6, 6.07) is 14.3. The van der Waals surface area contributed by atoms with Gasteiger partial charge < -0.3 is 9.80 Å². The number of carbonyl (C=O) groups excluding carboxylic acids is 1. The number of carbonyl (C=O) groups is 1. The maximum Gasteiger partial charge on any atom is 0.241 e. The quantitative estimate of drug-likeness (QED) is 0.851. The highest BCUT2D eigenvalue weighted by Gasteiger charge is 2.23. The maximum atomic E-state index is 12.4. The summed E-state index contributed by atoms with van der Waals surface area (Å²) in [5, 5.41) is 0. The van der Waals surface area contributed by atoms with E-state index < -0.39 is 10.0 Å². The Bertz CT molecular complexity index is 905. The topological polar surface area (TPSA) is 69.7 Å². The first-order chi connectivity index (χ1) is 12.9. The molecule has 0 atom stereocenters. The Labute approximate surface area is 160 Å². The zero-order chi connectivity index (χ0) is 19.4. The molecule has 0 aromatic heterocycles. The van der Waals surface area contributed by atoms with E-state index in [0.717, 1.165) is 13.1 Å². The number of anilines is 1. The SMILES string of the molecule is Cc1cccc(N2CCN(C(=O)CNS(=O)(=O)c3ccccc3)CC2)c1C. The predicted octanol–water partition coefficient (Wildman–Crippen LogP) is 1.93. The molecule has 27 heavy (non-hydrogen) atoms. The average Bonchev–Trinajstić information content (AvgIpc) is 2.69. The van der Waals surface area contributed by atoms with Crippen molar-refractivity contribution < 1.29 is 13.2 Å². The molecule has 2 aromatic rings. The van der Waals surface area contributed by atoms with Gasteiger partial charge in [-0.3, -0.25) is 4.79 Å². The highest BCUT2D eigenvalue weighted by molar-refractivity contribution is 7.89. The van der Waals surface area contributed by atoms with Crippen LogP contribution in [0, 0.1) is 13.8 Å². The maximum absolute atomic E-state index is 12.4. The summed E-state index contributed by atoms with van der Waals surface area (Å²) in [5.74, 6) is -0.199. The molecule has 3 rings (SSSR count). The lowest BCUT2D eigenvalue weighted by Gasteiger charge is -2.37. The summed E-state index contributed by atoms with van der Waals surface area (Å²) >= 11 is 0. The molecule has 6 nitrogen and oxygen atoms in total. The number of amides is 1. The van der Waals surface area contributed by atoms with Crippen LogP contribution in [-0.2, 0) is 14.8 Å². The van der Waals surface area contributed by atoms with Crippen LogP contribution in [0.2, 0.25) is 0 Å². The van der Waals surface area contributed by atoms with E-state index in [1.807, 2.05) is 6.07 Å². The van der Waals surface area contributed by atoms with Crippen molar-refractivity contribution in [3.8, 4) is 0 Å². The average molecular weight is 388 g/mol. The van der Waals surface area contributed by atoms with Gasteiger partial charge in [-0.05, 0) is 43.2 Å². The van der Waals surface area contributed by atoms with Gasteiger partial charge in [-0.15, -0.1) is 0 Å². The molecule has 1 amide bonds. The standard InChI is InChI=1S/C20H25N3O3S/c1-16-7-6-10-19(17(16)2)22-11-13-23(14-12-22)20(24)15-21-27(25,26)18-8-4-3-5-9-18/h3-10,21H,11-15H2,1-2H3. The molecule has 0 unspecified atom stereocenters.